The average molecular weight is 549 g/mol. The summed E-state index contributed by atoms with van der Waals surface area (Å²) in [6.07, 6.45) is 3.05. The Morgan fingerprint density at radius 1 is 0.825 bits per heavy atom. The van der Waals surface area contributed by atoms with E-state index in [0.717, 1.165) is 24.1 Å². The zero-order valence-corrected chi connectivity index (χ0v) is 22.3. The summed E-state index contributed by atoms with van der Waals surface area (Å²) in [6.45, 7) is 0.567. The summed E-state index contributed by atoms with van der Waals surface area (Å²) in [4.78, 5) is 40.8. The first-order valence-corrected chi connectivity index (χ1v) is 13.7. The fourth-order valence-corrected chi connectivity index (χ4v) is 5.18. The number of nitrogens with zero attached hydrogens (tertiary/aromatic N) is 1. The van der Waals surface area contributed by atoms with Crippen molar-refractivity contribution in [1.29, 1.82) is 0 Å². The molecule has 4 rings (SSSR count). The lowest BCUT2D eigenvalue weighted by Crippen LogP contribution is -2.49. The van der Waals surface area contributed by atoms with Gasteiger partial charge in [-0.3, -0.25) is 14.4 Å². The van der Waals surface area contributed by atoms with E-state index >= 15 is 0 Å². The maximum absolute atomic E-state index is 13.6. The van der Waals surface area contributed by atoms with Gasteiger partial charge in [-0.2, -0.15) is 0 Å². The number of carboxylic acids is 1. The molecule has 210 valence electrons. The van der Waals surface area contributed by atoms with Crippen LogP contribution >= 0.6 is 0 Å². The van der Waals surface area contributed by atoms with E-state index < -0.39 is 29.7 Å². The molecule has 0 unspecified atom stereocenters. The Kier molecular flexibility index (Phi) is 10.00. The van der Waals surface area contributed by atoms with Crippen LogP contribution in [0.25, 0.3) is 0 Å². The molecular formula is C32H34F2N2O4. The molecule has 1 fully saturated rings. The van der Waals surface area contributed by atoms with Gasteiger partial charge >= 0.3 is 5.97 Å². The molecule has 1 saturated heterocycles. The van der Waals surface area contributed by atoms with Crippen LogP contribution in [0.15, 0.2) is 78.9 Å². The van der Waals surface area contributed by atoms with Crippen LogP contribution in [0.4, 0.5) is 14.5 Å². The van der Waals surface area contributed by atoms with Gasteiger partial charge in [-0.05, 0) is 92.5 Å². The molecule has 0 radical (unpaired) electrons. The van der Waals surface area contributed by atoms with Crippen LogP contribution < -0.4 is 10.2 Å². The van der Waals surface area contributed by atoms with Crippen LogP contribution in [-0.2, 0) is 27.2 Å². The van der Waals surface area contributed by atoms with Crippen LogP contribution in [0, 0.1) is 23.5 Å². The number of nitrogens with one attached hydrogen (secondary N) is 1. The van der Waals surface area contributed by atoms with E-state index in [9.17, 15) is 28.3 Å². The zero-order valence-electron chi connectivity index (χ0n) is 22.3. The highest BCUT2D eigenvalue weighted by Gasteiger charge is 2.32. The van der Waals surface area contributed by atoms with E-state index in [1.165, 1.54) is 24.3 Å². The highest BCUT2D eigenvalue weighted by molar-refractivity contribution is 5.99. The van der Waals surface area contributed by atoms with Crippen LogP contribution in [0.3, 0.4) is 0 Å². The first kappa shape index (κ1) is 28.9. The van der Waals surface area contributed by atoms with Gasteiger partial charge in [0.2, 0.25) is 11.8 Å². The SMILES string of the molecule is O=C(O)[C@H](CC[C@H](Cc1ccc(F)cc1)C(=O)N[C@H]1CCCCN(c2ccccc2)C1=O)Cc1ccc(F)cc1. The monoisotopic (exact) mass is 548 g/mol. The number of aliphatic carboxylic acids is 1. The third kappa shape index (κ3) is 7.97. The van der Waals surface area contributed by atoms with Crippen LogP contribution in [0.2, 0.25) is 0 Å². The Balaban J connectivity index is 1.49. The van der Waals surface area contributed by atoms with Crippen molar-refractivity contribution >= 4 is 23.5 Å². The number of carbonyl (C=O) groups excluding carboxylic acids is 2. The smallest absolute Gasteiger partial charge is 0.306 e. The Labute approximate surface area is 233 Å². The van der Waals surface area contributed by atoms with Gasteiger partial charge in [-0.25, -0.2) is 8.78 Å². The number of carboxylic acid groups (broad SMARTS) is 1. The predicted octanol–water partition coefficient (Wildman–Crippen LogP) is 5.55. The fourth-order valence-electron chi connectivity index (χ4n) is 5.18. The molecule has 6 nitrogen and oxygen atoms in total. The largest absolute Gasteiger partial charge is 0.481 e. The number of anilines is 1. The van der Waals surface area contributed by atoms with Crippen molar-refractivity contribution in [3.05, 3.63) is 102 Å². The Morgan fingerprint density at radius 3 is 1.95 bits per heavy atom. The molecule has 3 atom stereocenters. The van der Waals surface area contributed by atoms with Crippen molar-refractivity contribution in [1.82, 2.24) is 5.32 Å². The summed E-state index contributed by atoms with van der Waals surface area (Å²) in [5.41, 5.74) is 2.21. The van der Waals surface area contributed by atoms with Gasteiger partial charge < -0.3 is 15.3 Å². The third-order valence-corrected chi connectivity index (χ3v) is 7.45. The first-order chi connectivity index (χ1) is 19.3. The third-order valence-electron chi connectivity index (χ3n) is 7.45. The maximum atomic E-state index is 13.6. The molecule has 1 aliphatic heterocycles. The summed E-state index contributed by atoms with van der Waals surface area (Å²) < 4.78 is 26.8. The van der Waals surface area contributed by atoms with Gasteiger partial charge in [0, 0.05) is 18.2 Å². The van der Waals surface area contributed by atoms with Crippen LogP contribution in [-0.4, -0.2) is 35.5 Å². The lowest BCUT2D eigenvalue weighted by molar-refractivity contribution is -0.142. The number of carbonyl (C=O) groups is 3. The van der Waals surface area contributed by atoms with Crippen molar-refractivity contribution in [3.63, 3.8) is 0 Å². The van der Waals surface area contributed by atoms with Gasteiger partial charge in [-0.15, -0.1) is 0 Å². The minimum Gasteiger partial charge on any atom is -0.481 e. The molecule has 40 heavy (non-hydrogen) atoms. The van der Waals surface area contributed by atoms with Crippen molar-refractivity contribution in [2.24, 2.45) is 11.8 Å². The second-order valence-electron chi connectivity index (χ2n) is 10.4. The lowest BCUT2D eigenvalue weighted by Gasteiger charge is -2.27. The van der Waals surface area contributed by atoms with Crippen LogP contribution in [0.1, 0.15) is 43.2 Å². The molecule has 2 amide bonds. The normalized spacial score (nSPS) is 17.1. The van der Waals surface area contributed by atoms with Crippen molar-refractivity contribution < 1.29 is 28.3 Å². The molecule has 0 saturated carbocycles. The molecule has 2 N–H and O–H groups in total. The minimum atomic E-state index is -0.997. The number of amides is 2. The number of para-hydroxylation sites is 1. The second kappa shape index (κ2) is 13.8. The number of hydrogen-bond donors (Lipinski definition) is 2. The van der Waals surface area contributed by atoms with Crippen molar-refractivity contribution in [2.45, 2.75) is 51.0 Å². The quantitative estimate of drug-likeness (QED) is 0.329. The Morgan fingerprint density at radius 2 is 1.38 bits per heavy atom. The van der Waals surface area contributed by atoms with Crippen molar-refractivity contribution in [2.75, 3.05) is 11.4 Å². The lowest BCUT2D eigenvalue weighted by atomic mass is 9.87. The maximum Gasteiger partial charge on any atom is 0.306 e. The zero-order chi connectivity index (χ0) is 28.5. The van der Waals surface area contributed by atoms with E-state index in [0.29, 0.717) is 18.5 Å². The molecular weight excluding hydrogens is 514 g/mol. The molecule has 3 aromatic carbocycles. The van der Waals surface area contributed by atoms with Gasteiger partial charge in [-0.1, -0.05) is 42.5 Å². The summed E-state index contributed by atoms with van der Waals surface area (Å²) >= 11 is 0. The first-order valence-electron chi connectivity index (χ1n) is 13.7. The highest BCUT2D eigenvalue weighted by atomic mass is 19.1. The topological polar surface area (TPSA) is 86.7 Å². The standard InChI is InChI=1S/C32H34F2N2O4/c33-26-15-9-22(10-16-26)20-24(13-14-25(32(39)40)21-23-11-17-27(34)18-12-23)30(37)35-29-8-4-5-19-36(31(29)38)28-6-2-1-3-7-28/h1-3,6-7,9-12,15-18,24-25,29H,4-5,8,13-14,19-21H2,(H,35,37)(H,39,40)/t24-,25-,29+/m1/s1. The van der Waals surface area contributed by atoms with Gasteiger partial charge in [0.15, 0.2) is 0 Å². The Bertz CT molecular complexity index is 1280. The highest BCUT2D eigenvalue weighted by Crippen LogP contribution is 2.24. The molecule has 0 bridgehead atoms. The van der Waals surface area contributed by atoms with E-state index in [4.69, 9.17) is 0 Å². The molecule has 0 aliphatic carbocycles. The van der Waals surface area contributed by atoms with Gasteiger partial charge in [0.25, 0.3) is 0 Å². The Hall–Kier alpha value is -4.07. The number of rotatable bonds is 11. The molecule has 8 heteroatoms. The summed E-state index contributed by atoms with van der Waals surface area (Å²) in [5, 5.41) is 12.8. The molecule has 0 spiro atoms. The summed E-state index contributed by atoms with van der Waals surface area (Å²) in [5.74, 6) is -3.68. The average Bonchev–Trinajstić information content (AvgIpc) is 3.13. The molecule has 3 aromatic rings. The molecule has 1 aliphatic rings. The van der Waals surface area contributed by atoms with E-state index in [1.807, 2.05) is 30.3 Å². The minimum absolute atomic E-state index is 0.169. The van der Waals surface area contributed by atoms with E-state index in [2.05, 4.69) is 5.32 Å². The number of halogens is 2. The van der Waals surface area contributed by atoms with Crippen molar-refractivity contribution in [3.8, 4) is 0 Å². The molecule has 1 heterocycles. The fraction of sp³-hybridized carbons (Fsp3) is 0.344. The van der Waals surface area contributed by atoms with Gasteiger partial charge in [0.1, 0.15) is 17.7 Å². The summed E-state index contributed by atoms with van der Waals surface area (Å²) in [7, 11) is 0. The predicted molar refractivity (Wildman–Crippen MR) is 149 cm³/mol. The van der Waals surface area contributed by atoms with Crippen LogP contribution in [0.5, 0.6) is 0 Å². The van der Waals surface area contributed by atoms with Gasteiger partial charge in [0.05, 0.1) is 5.92 Å². The molecule has 0 aromatic heterocycles. The second-order valence-corrected chi connectivity index (χ2v) is 10.4. The summed E-state index contributed by atoms with van der Waals surface area (Å²) in [6, 6.07) is 20.2. The van der Waals surface area contributed by atoms with E-state index in [-0.39, 0.29) is 43.3 Å². The number of hydrogen-bond acceptors (Lipinski definition) is 3. The number of benzene rings is 3. The van der Waals surface area contributed by atoms with E-state index in [1.54, 1.807) is 29.2 Å².